The molecule has 1 heterocycles. The van der Waals surface area contributed by atoms with Gasteiger partial charge in [0.05, 0.1) is 0 Å². The molecule has 0 spiro atoms. The highest BCUT2D eigenvalue weighted by Crippen LogP contribution is 2.68. The minimum absolute atomic E-state index is 0.486. The summed E-state index contributed by atoms with van der Waals surface area (Å²) < 4.78 is 53.8. The van der Waals surface area contributed by atoms with E-state index in [9.17, 15) is 23.0 Å². The van der Waals surface area contributed by atoms with Gasteiger partial charge in [-0.15, -0.1) is 0 Å². The SMILES string of the molecule is O=P(O)(O)C(O)(C1=Nc2ccc(F)c(F)c2OC1)P(=O)(O)O. The number of benzene rings is 1. The molecule has 5 N–H and O–H groups in total. The lowest BCUT2D eigenvalue weighted by Crippen LogP contribution is -2.42. The third-order valence-corrected chi connectivity index (χ3v) is 6.54. The van der Waals surface area contributed by atoms with Crippen LogP contribution in [0.25, 0.3) is 0 Å². The van der Waals surface area contributed by atoms with Crippen LogP contribution in [-0.4, -0.2) is 42.1 Å². The quantitative estimate of drug-likeness (QED) is 0.486. The summed E-state index contributed by atoms with van der Waals surface area (Å²) >= 11 is 0. The Kier molecular flexibility index (Phi) is 4.04. The average Bonchev–Trinajstić information content (AvgIpc) is 2.39. The molecule has 0 bridgehead atoms. The lowest BCUT2D eigenvalue weighted by Gasteiger charge is -2.32. The first-order chi connectivity index (χ1) is 9.89. The number of hydrogen-bond acceptors (Lipinski definition) is 5. The van der Waals surface area contributed by atoms with Crippen molar-refractivity contribution in [2.45, 2.75) is 5.08 Å². The molecule has 9 nitrogen and oxygen atoms in total. The van der Waals surface area contributed by atoms with Crippen molar-refractivity contribution in [2.24, 2.45) is 4.99 Å². The topological polar surface area (TPSA) is 157 Å². The first-order valence-electron chi connectivity index (χ1n) is 5.42. The van der Waals surface area contributed by atoms with Crippen molar-refractivity contribution in [2.75, 3.05) is 6.61 Å². The van der Waals surface area contributed by atoms with E-state index in [4.69, 9.17) is 24.3 Å². The largest absolute Gasteiger partial charge is 0.482 e. The van der Waals surface area contributed by atoms with Crippen molar-refractivity contribution in [3.8, 4) is 5.75 Å². The molecule has 0 fully saturated rings. The van der Waals surface area contributed by atoms with Gasteiger partial charge in [-0.25, -0.2) is 9.38 Å². The number of rotatable bonds is 3. The Labute approximate surface area is 121 Å². The van der Waals surface area contributed by atoms with Crippen LogP contribution in [-0.2, 0) is 9.13 Å². The molecule has 0 amide bonds. The van der Waals surface area contributed by atoms with Crippen LogP contribution in [0.5, 0.6) is 5.75 Å². The molecule has 0 unspecified atom stereocenters. The van der Waals surface area contributed by atoms with Crippen LogP contribution < -0.4 is 4.74 Å². The van der Waals surface area contributed by atoms with E-state index in [2.05, 4.69) is 4.99 Å². The lowest BCUT2D eigenvalue weighted by atomic mass is 10.2. The Morgan fingerprint density at radius 3 is 2.18 bits per heavy atom. The van der Waals surface area contributed by atoms with E-state index in [1.807, 2.05) is 0 Å². The first-order valence-corrected chi connectivity index (χ1v) is 8.64. The van der Waals surface area contributed by atoms with Crippen LogP contribution in [0.3, 0.4) is 0 Å². The number of ether oxygens (including phenoxy) is 1. The van der Waals surface area contributed by atoms with Crippen LogP contribution >= 0.6 is 15.2 Å². The number of halogens is 2. The normalized spacial score (nSPS) is 15.9. The van der Waals surface area contributed by atoms with Crippen molar-refractivity contribution in [3.63, 3.8) is 0 Å². The molecule has 0 aromatic heterocycles. The van der Waals surface area contributed by atoms with Crippen molar-refractivity contribution in [3.05, 3.63) is 23.8 Å². The van der Waals surface area contributed by atoms with Crippen LogP contribution in [0.1, 0.15) is 0 Å². The molecule has 1 aliphatic heterocycles. The second kappa shape index (κ2) is 5.17. The summed E-state index contributed by atoms with van der Waals surface area (Å²) in [6, 6.07) is 1.48. The second-order valence-corrected chi connectivity index (χ2v) is 8.10. The predicted octanol–water partition coefficient (Wildman–Crippen LogP) is 0.431. The van der Waals surface area contributed by atoms with Gasteiger partial charge in [-0.05, 0) is 12.1 Å². The van der Waals surface area contributed by atoms with Gasteiger partial charge >= 0.3 is 20.3 Å². The van der Waals surface area contributed by atoms with Gasteiger partial charge in [-0.3, -0.25) is 9.13 Å². The Morgan fingerprint density at radius 1 is 1.14 bits per heavy atom. The molecule has 2 rings (SSSR count). The molecule has 122 valence electrons. The monoisotopic (exact) mass is 359 g/mol. The summed E-state index contributed by atoms with van der Waals surface area (Å²) in [6.45, 7) is -1.06. The molecule has 0 atom stereocenters. The smallest absolute Gasteiger partial charge is 0.375 e. The maximum absolute atomic E-state index is 13.4. The van der Waals surface area contributed by atoms with Gasteiger partial charge in [-0.2, -0.15) is 4.39 Å². The van der Waals surface area contributed by atoms with Gasteiger partial charge in [-0.1, -0.05) is 0 Å². The van der Waals surface area contributed by atoms with Crippen LogP contribution in [0, 0.1) is 11.6 Å². The van der Waals surface area contributed by atoms with E-state index in [0.717, 1.165) is 6.07 Å². The number of hydrogen-bond donors (Lipinski definition) is 5. The van der Waals surface area contributed by atoms with Crippen molar-refractivity contribution >= 4 is 26.6 Å². The van der Waals surface area contributed by atoms with Crippen molar-refractivity contribution < 1.29 is 47.3 Å². The Bertz CT molecular complexity index is 732. The predicted molar refractivity (Wildman–Crippen MR) is 68.0 cm³/mol. The zero-order valence-corrected chi connectivity index (χ0v) is 12.2. The zero-order valence-electron chi connectivity index (χ0n) is 10.4. The fraction of sp³-hybridized carbons (Fsp3) is 0.222. The molecule has 22 heavy (non-hydrogen) atoms. The van der Waals surface area contributed by atoms with E-state index < -0.39 is 55.7 Å². The molecule has 0 aliphatic carbocycles. The third-order valence-electron chi connectivity index (χ3n) is 2.84. The molecule has 1 aromatic rings. The highest BCUT2D eigenvalue weighted by Gasteiger charge is 2.64. The fourth-order valence-electron chi connectivity index (χ4n) is 1.74. The Morgan fingerprint density at radius 2 is 1.68 bits per heavy atom. The summed E-state index contributed by atoms with van der Waals surface area (Å²) in [7, 11) is -11.6. The molecule has 1 aromatic carbocycles. The average molecular weight is 359 g/mol. The van der Waals surface area contributed by atoms with E-state index in [-0.39, 0.29) is 0 Å². The van der Waals surface area contributed by atoms with E-state index in [1.165, 1.54) is 0 Å². The third kappa shape index (κ3) is 2.50. The maximum atomic E-state index is 13.4. The van der Waals surface area contributed by atoms with Gasteiger partial charge in [0.15, 0.2) is 11.6 Å². The molecule has 1 aliphatic rings. The number of aliphatic imine (C=N–C) groups is 1. The highest BCUT2D eigenvalue weighted by molar-refractivity contribution is 7.73. The first kappa shape index (κ1) is 17.2. The van der Waals surface area contributed by atoms with Gasteiger partial charge in [0.1, 0.15) is 18.0 Å². The van der Waals surface area contributed by atoms with E-state index in [0.29, 0.717) is 6.07 Å². The molecule has 13 heteroatoms. The van der Waals surface area contributed by atoms with Gasteiger partial charge in [0, 0.05) is 0 Å². The molecule has 0 radical (unpaired) electrons. The Hall–Kier alpha value is -1.19. The van der Waals surface area contributed by atoms with Gasteiger partial charge < -0.3 is 29.4 Å². The Balaban J connectivity index is 2.67. The van der Waals surface area contributed by atoms with E-state index in [1.54, 1.807) is 0 Å². The van der Waals surface area contributed by atoms with Crippen molar-refractivity contribution in [1.82, 2.24) is 0 Å². The summed E-state index contributed by atoms with van der Waals surface area (Å²) in [5, 5.41) is 5.93. The molecular formula is C9H9F2NO8P2. The molecule has 0 saturated carbocycles. The molecular weight excluding hydrogens is 350 g/mol. The van der Waals surface area contributed by atoms with Gasteiger partial charge in [0.25, 0.3) is 0 Å². The van der Waals surface area contributed by atoms with Crippen LogP contribution in [0.15, 0.2) is 17.1 Å². The highest BCUT2D eigenvalue weighted by atomic mass is 31.2. The van der Waals surface area contributed by atoms with Crippen molar-refractivity contribution in [1.29, 1.82) is 0 Å². The minimum Gasteiger partial charge on any atom is -0.482 e. The minimum atomic E-state index is -5.80. The summed E-state index contributed by atoms with van der Waals surface area (Å²) in [5.41, 5.74) is -1.59. The second-order valence-electron chi connectivity index (χ2n) is 4.28. The lowest BCUT2D eigenvalue weighted by molar-refractivity contribution is 0.175. The number of fused-ring (bicyclic) bond motifs is 1. The maximum Gasteiger partial charge on any atom is 0.375 e. The van der Waals surface area contributed by atoms with Crippen LogP contribution in [0.4, 0.5) is 14.5 Å². The summed E-state index contributed by atoms with van der Waals surface area (Å²) in [4.78, 5) is 39.7. The number of aliphatic hydroxyl groups is 1. The van der Waals surface area contributed by atoms with Gasteiger partial charge in [0.2, 0.25) is 5.82 Å². The van der Waals surface area contributed by atoms with Crippen LogP contribution in [0.2, 0.25) is 0 Å². The summed E-state index contributed by atoms with van der Waals surface area (Å²) in [6.07, 6.45) is 0. The standard InChI is InChI=1S/C9H9F2NO8P2/c10-4-1-2-5-8(7(4)11)20-3-6(12-5)9(13,21(14,15)16)22(17,18)19/h1-2,13H,3H2,(H2,14,15,16)(H2,17,18,19). The zero-order chi connectivity index (χ0) is 16.9. The number of nitrogens with zero attached hydrogens (tertiary/aromatic N) is 1. The fourth-order valence-corrected chi connectivity index (χ4v) is 4.00. The van der Waals surface area contributed by atoms with E-state index >= 15 is 0 Å². The molecule has 0 saturated heterocycles. The summed E-state index contributed by atoms with van der Waals surface area (Å²) in [5.74, 6) is -3.42.